The number of carbonyl (C=O) groups is 3. The fraction of sp³-hybridized carbons (Fsp3) is 0.372. The average Bonchev–Trinajstić information content (AvgIpc) is 3.60. The van der Waals surface area contributed by atoms with Gasteiger partial charge in [-0.15, -0.1) is 0 Å². The Morgan fingerprint density at radius 3 is 2.62 bits per heavy atom. The van der Waals surface area contributed by atoms with Gasteiger partial charge < -0.3 is 64.4 Å². The van der Waals surface area contributed by atoms with E-state index in [9.17, 15) is 29.7 Å². The van der Waals surface area contributed by atoms with E-state index >= 15 is 0 Å². The Morgan fingerprint density at radius 1 is 1.13 bits per heavy atom. The predicted molar refractivity (Wildman–Crippen MR) is 214 cm³/mol. The molecule has 8 rings (SSSR count). The van der Waals surface area contributed by atoms with Crippen LogP contribution in [0.15, 0.2) is 72.1 Å². The third-order valence-corrected chi connectivity index (χ3v) is 10.8. The largest absolute Gasteiger partial charge is 0.504 e. The number of nitrogens with two attached hydrogens (primary N) is 1. The predicted octanol–water partition coefficient (Wildman–Crippen LogP) is 2.80. The van der Waals surface area contributed by atoms with Crippen LogP contribution in [0, 0.1) is 23.7 Å². The number of ether oxygens (including phenoxy) is 7. The number of rotatable bonds is 6. The van der Waals surface area contributed by atoms with E-state index in [1.54, 1.807) is 51.1 Å². The number of hydrogen-bond acceptors (Lipinski definition) is 15. The van der Waals surface area contributed by atoms with Gasteiger partial charge in [0.15, 0.2) is 47.1 Å². The highest BCUT2D eigenvalue weighted by molar-refractivity contribution is 6.32. The van der Waals surface area contributed by atoms with Gasteiger partial charge in [-0.1, -0.05) is 42.0 Å². The molecule has 2 aliphatic carbocycles. The van der Waals surface area contributed by atoms with Gasteiger partial charge in [0.05, 0.1) is 47.0 Å². The molecule has 0 saturated carbocycles. The van der Waals surface area contributed by atoms with Crippen molar-refractivity contribution in [2.75, 3.05) is 33.1 Å². The third kappa shape index (κ3) is 7.94. The van der Waals surface area contributed by atoms with Crippen LogP contribution in [-0.2, 0) is 28.5 Å². The number of aliphatic hydroxyl groups excluding tert-OH is 2. The first kappa shape index (κ1) is 42.3. The fourth-order valence-corrected chi connectivity index (χ4v) is 7.88. The number of benzene rings is 2. The number of carbonyl (C=O) groups excluding carboxylic acids is 3. The van der Waals surface area contributed by atoms with Crippen molar-refractivity contribution in [3.63, 3.8) is 0 Å². The summed E-state index contributed by atoms with van der Waals surface area (Å²) in [6, 6.07) is 3.83. The van der Waals surface area contributed by atoms with Crippen LogP contribution in [0.5, 0.6) is 23.0 Å². The van der Waals surface area contributed by atoms with Gasteiger partial charge in [-0.05, 0) is 69.8 Å². The quantitative estimate of drug-likeness (QED) is 0.161. The van der Waals surface area contributed by atoms with Gasteiger partial charge in [0.25, 0.3) is 5.91 Å². The van der Waals surface area contributed by atoms with Crippen molar-refractivity contribution in [3.05, 3.63) is 88.2 Å². The number of fused-ring (bicyclic) bond motifs is 9. The molecule has 1 saturated heterocycles. The maximum atomic E-state index is 14.1. The molecule has 1 fully saturated rings. The van der Waals surface area contributed by atoms with E-state index in [4.69, 9.17) is 50.5 Å². The first-order chi connectivity index (χ1) is 28.4. The number of phenolic OH excluding ortho intramolecular Hbond substituents is 1. The molecule has 4 bridgehead atoms. The van der Waals surface area contributed by atoms with Crippen LogP contribution in [0.4, 0.5) is 5.69 Å². The fourth-order valence-electron chi connectivity index (χ4n) is 7.61. The third-order valence-electron chi connectivity index (χ3n) is 10.5. The zero-order valence-corrected chi connectivity index (χ0v) is 33.9. The summed E-state index contributed by atoms with van der Waals surface area (Å²) in [6.45, 7) is 6.50. The highest BCUT2D eigenvalue weighted by atomic mass is 35.5. The van der Waals surface area contributed by atoms with E-state index in [2.05, 4.69) is 35.6 Å². The van der Waals surface area contributed by atoms with Crippen LogP contribution in [0.3, 0.4) is 0 Å². The Morgan fingerprint density at radius 2 is 1.90 bits per heavy atom. The molecule has 2 aromatic rings. The van der Waals surface area contributed by atoms with E-state index < -0.39 is 84.2 Å². The summed E-state index contributed by atoms with van der Waals surface area (Å²) in [5.74, 6) is 8.83. The van der Waals surface area contributed by atoms with Crippen LogP contribution in [0.2, 0.25) is 5.02 Å². The van der Waals surface area contributed by atoms with Gasteiger partial charge in [-0.25, -0.2) is 4.79 Å². The monoisotopic (exact) mass is 843 g/mol. The minimum Gasteiger partial charge on any atom is -0.504 e. The molecule has 4 heterocycles. The Labute approximate surface area is 350 Å². The van der Waals surface area contributed by atoms with Crippen molar-refractivity contribution in [2.45, 2.75) is 74.3 Å². The average molecular weight is 844 g/mol. The molecule has 6 N–H and O–H groups in total. The molecule has 8 atom stereocenters. The van der Waals surface area contributed by atoms with Crippen molar-refractivity contribution in [1.29, 1.82) is 0 Å². The second-order valence-electron chi connectivity index (χ2n) is 15.2. The Bertz CT molecular complexity index is 2360. The normalized spacial score (nSPS) is 29.0. The first-order valence-corrected chi connectivity index (χ1v) is 19.0. The van der Waals surface area contributed by atoms with Crippen LogP contribution in [-0.4, -0.2) is 114 Å². The molecule has 6 aliphatic rings. The summed E-state index contributed by atoms with van der Waals surface area (Å²) in [4.78, 5) is 41.6. The van der Waals surface area contributed by atoms with Gasteiger partial charge in [0, 0.05) is 23.8 Å². The maximum absolute atomic E-state index is 14.1. The van der Waals surface area contributed by atoms with Crippen molar-refractivity contribution < 1.29 is 62.9 Å². The summed E-state index contributed by atoms with van der Waals surface area (Å²) in [5.41, 5.74) is 3.86. The molecule has 0 spiro atoms. The minimum absolute atomic E-state index is 0.0160. The van der Waals surface area contributed by atoms with E-state index in [0.29, 0.717) is 0 Å². The lowest BCUT2D eigenvalue weighted by Gasteiger charge is -2.51. The Kier molecular flexibility index (Phi) is 11.5. The summed E-state index contributed by atoms with van der Waals surface area (Å²) in [7, 11) is 4.87. The zero-order valence-electron chi connectivity index (χ0n) is 33.1. The standard InChI is InChI=1S/C43H42ClN3O13/c1-21-39(52)46-34-26(17-25(54-6)18-30(34)56-21)40(53)57-31-20-55-33(49)19-28(45)23-15-27(44)37(29(48)16-23)58-32-11-7-9-22(31)12-13-24-10-8-14-43(24,32)60-41-36(51)35(50)38(47(4)5)42(2,3)59-41/h8-10,14-18,28,31-32,35-36,38,41,48,50-51H,1,19-20,45H2,2-6H3,(H,46,52)/t28-,31-,32+,35+,36+,38-,41-,43?/m0/s1. The molecule has 4 aliphatic heterocycles. The van der Waals surface area contributed by atoms with Crippen LogP contribution in [0.25, 0.3) is 0 Å². The number of hydrogen-bond donors (Lipinski definition) is 5. The molecule has 0 radical (unpaired) electrons. The van der Waals surface area contributed by atoms with Gasteiger partial charge in [0.1, 0.15) is 24.6 Å². The van der Waals surface area contributed by atoms with Crippen molar-refractivity contribution in [1.82, 2.24) is 4.90 Å². The SMILES string of the molecule is C=C1Oc2cc(OC)cc(C(=O)O[C@H]3COC(=O)C[C@H](N)c4cc(O)c(c(Cl)c4)O[C@@H]4C#CC=C3C#CC3=CC=CC34O[C@@H]3OC(C)(C)[C@@H](N(C)C)[C@H](O)[C@H]3O)c2NC1=O. The zero-order chi connectivity index (χ0) is 43.3. The van der Waals surface area contributed by atoms with Crippen LogP contribution in [0.1, 0.15) is 42.2 Å². The molecular weight excluding hydrogens is 802 g/mol. The molecule has 1 amide bonds. The van der Waals surface area contributed by atoms with E-state index in [1.165, 1.54) is 37.5 Å². The lowest BCUT2D eigenvalue weighted by Crippen LogP contribution is -2.68. The number of aliphatic hydroxyl groups is 2. The Balaban J connectivity index is 1.34. The molecule has 2 aromatic carbocycles. The minimum atomic E-state index is -1.80. The number of halogens is 1. The second kappa shape index (κ2) is 16.3. The van der Waals surface area contributed by atoms with E-state index in [1.807, 2.05) is 0 Å². The number of nitrogens with zero attached hydrogens (tertiary/aromatic N) is 1. The molecule has 1 unspecified atom stereocenters. The Hall–Kier alpha value is -5.82. The summed E-state index contributed by atoms with van der Waals surface area (Å²) in [5, 5.41) is 36.6. The number of allylic oxidation sites excluding steroid dienone is 3. The maximum Gasteiger partial charge on any atom is 0.341 e. The topological polar surface area (TPSA) is 218 Å². The van der Waals surface area contributed by atoms with Crippen LogP contribution >= 0.6 is 11.6 Å². The summed E-state index contributed by atoms with van der Waals surface area (Å²) in [6.07, 6.45) is -1.46. The number of methoxy groups -OCH3 is 1. The van der Waals surface area contributed by atoms with Gasteiger partial charge in [-0.2, -0.15) is 0 Å². The van der Waals surface area contributed by atoms with Crippen molar-refractivity contribution >= 4 is 35.1 Å². The number of aromatic hydroxyl groups is 1. The van der Waals surface area contributed by atoms with Crippen molar-refractivity contribution in [2.24, 2.45) is 5.73 Å². The molecule has 17 heteroatoms. The molecular formula is C43H42ClN3O13. The molecule has 0 aromatic heterocycles. The first-order valence-electron chi connectivity index (χ1n) is 18.6. The van der Waals surface area contributed by atoms with Gasteiger partial charge >= 0.3 is 11.9 Å². The number of amides is 1. The molecule has 60 heavy (non-hydrogen) atoms. The van der Waals surface area contributed by atoms with Crippen LogP contribution < -0.4 is 25.3 Å². The lowest BCUT2D eigenvalue weighted by molar-refractivity contribution is -0.329. The number of phenols is 1. The lowest BCUT2D eigenvalue weighted by atomic mass is 9.85. The number of likely N-dealkylation sites (N-methyl/N-ethyl adjacent to an activating group) is 1. The molecule has 314 valence electrons. The summed E-state index contributed by atoms with van der Waals surface area (Å²) < 4.78 is 41.9. The van der Waals surface area contributed by atoms with Crippen molar-refractivity contribution in [3.8, 4) is 46.7 Å². The highest BCUT2D eigenvalue weighted by Gasteiger charge is 2.55. The molecule has 16 nitrogen and oxygen atoms in total. The number of nitrogens with one attached hydrogen (secondary N) is 1. The highest BCUT2D eigenvalue weighted by Crippen LogP contribution is 2.44. The van der Waals surface area contributed by atoms with Gasteiger partial charge in [-0.3, -0.25) is 9.59 Å². The smallest absolute Gasteiger partial charge is 0.341 e. The number of esters is 2. The van der Waals surface area contributed by atoms with Gasteiger partial charge in [0.2, 0.25) is 0 Å². The van der Waals surface area contributed by atoms with E-state index in [0.717, 1.165) is 0 Å². The number of anilines is 1. The van der Waals surface area contributed by atoms with E-state index in [-0.39, 0.29) is 62.4 Å². The summed E-state index contributed by atoms with van der Waals surface area (Å²) >= 11 is 6.70. The second-order valence-corrected chi connectivity index (χ2v) is 15.6.